The zero-order valence-corrected chi connectivity index (χ0v) is 14.0. The van der Waals surface area contributed by atoms with E-state index in [1.165, 1.54) is 0 Å². The van der Waals surface area contributed by atoms with Crippen molar-refractivity contribution in [2.45, 2.75) is 60.5 Å². The van der Waals surface area contributed by atoms with Gasteiger partial charge in [0.05, 0.1) is 11.1 Å². The first-order valence-electron chi connectivity index (χ1n) is 7.57. The number of unbranched alkanes of at least 4 members (excludes halogenated alkanes) is 1. The van der Waals surface area contributed by atoms with Gasteiger partial charge in [0.25, 0.3) is 0 Å². The number of ether oxygens (including phenoxy) is 1. The Morgan fingerprint density at radius 2 is 2.00 bits per heavy atom. The first kappa shape index (κ1) is 17.4. The summed E-state index contributed by atoms with van der Waals surface area (Å²) in [6.45, 7) is 14.0. The van der Waals surface area contributed by atoms with Crippen molar-refractivity contribution < 1.29 is 9.53 Å². The number of carbonyl (C=O) groups is 1. The lowest BCUT2D eigenvalue weighted by atomic mass is 9.97. The second-order valence-corrected chi connectivity index (χ2v) is 6.48. The van der Waals surface area contributed by atoms with E-state index in [2.05, 4.69) is 18.5 Å². The molecule has 0 bridgehead atoms. The highest BCUT2D eigenvalue weighted by Gasteiger charge is 2.23. The Hall–Kier alpha value is -1.64. The summed E-state index contributed by atoms with van der Waals surface area (Å²) >= 11 is 0. The molecule has 0 N–H and O–H groups in total. The van der Waals surface area contributed by atoms with Gasteiger partial charge in [-0.3, -0.25) is 9.78 Å². The third-order valence-corrected chi connectivity index (χ3v) is 3.28. The average molecular weight is 289 g/mol. The minimum absolute atomic E-state index is 0.207. The van der Waals surface area contributed by atoms with E-state index in [0.717, 1.165) is 41.8 Å². The van der Waals surface area contributed by atoms with Crippen molar-refractivity contribution >= 4 is 11.5 Å². The number of carbonyl (C=O) groups excluding carboxylic acids is 1. The van der Waals surface area contributed by atoms with Crippen LogP contribution in [0.15, 0.2) is 18.7 Å². The Kier molecular flexibility index (Phi) is 6.13. The molecule has 1 rings (SSSR count). The normalized spacial score (nSPS) is 11.3. The molecule has 0 saturated carbocycles. The minimum Gasteiger partial charge on any atom is -0.459 e. The van der Waals surface area contributed by atoms with Crippen molar-refractivity contribution in [2.24, 2.45) is 5.41 Å². The van der Waals surface area contributed by atoms with E-state index in [1.54, 1.807) is 0 Å². The second-order valence-electron chi connectivity index (χ2n) is 6.48. The van der Waals surface area contributed by atoms with Crippen LogP contribution in [0.25, 0.3) is 5.57 Å². The Morgan fingerprint density at radius 1 is 1.33 bits per heavy atom. The Morgan fingerprint density at radius 3 is 2.57 bits per heavy atom. The molecule has 0 aliphatic rings. The Labute approximate surface area is 128 Å². The smallest absolute Gasteiger partial charge is 0.311 e. The van der Waals surface area contributed by atoms with Gasteiger partial charge >= 0.3 is 5.97 Å². The molecule has 0 saturated heterocycles. The van der Waals surface area contributed by atoms with Crippen LogP contribution in [0.1, 0.15) is 63.9 Å². The minimum atomic E-state index is -0.497. The highest BCUT2D eigenvalue weighted by Crippen LogP contribution is 2.23. The number of rotatable bonds is 6. The molecule has 1 heterocycles. The Bertz CT molecular complexity index is 512. The van der Waals surface area contributed by atoms with Gasteiger partial charge in [-0.2, -0.15) is 0 Å². The lowest BCUT2D eigenvalue weighted by Crippen LogP contribution is -2.23. The average Bonchev–Trinajstić information content (AvgIpc) is 2.41. The van der Waals surface area contributed by atoms with E-state index in [9.17, 15) is 4.79 Å². The molecule has 3 heteroatoms. The van der Waals surface area contributed by atoms with Gasteiger partial charge in [0.1, 0.15) is 6.61 Å². The van der Waals surface area contributed by atoms with Crippen molar-refractivity contribution in [1.82, 2.24) is 4.98 Å². The predicted octanol–water partition coefficient (Wildman–Crippen LogP) is 4.68. The highest BCUT2D eigenvalue weighted by atomic mass is 16.5. The number of hydrogen-bond acceptors (Lipinski definition) is 3. The third-order valence-electron chi connectivity index (χ3n) is 3.28. The maximum absolute atomic E-state index is 11.9. The van der Waals surface area contributed by atoms with Crippen LogP contribution in [0.5, 0.6) is 0 Å². The van der Waals surface area contributed by atoms with E-state index < -0.39 is 5.41 Å². The van der Waals surface area contributed by atoms with Crippen LogP contribution in [-0.2, 0) is 16.1 Å². The summed E-state index contributed by atoms with van der Waals surface area (Å²) in [5.41, 5.74) is 3.29. The molecule has 1 aromatic rings. The molecule has 0 unspecified atom stereocenters. The maximum Gasteiger partial charge on any atom is 0.311 e. The van der Waals surface area contributed by atoms with E-state index in [0.29, 0.717) is 0 Å². The van der Waals surface area contributed by atoms with Gasteiger partial charge in [0, 0.05) is 11.3 Å². The Balaban J connectivity index is 2.87. The highest BCUT2D eigenvalue weighted by molar-refractivity contribution is 5.75. The summed E-state index contributed by atoms with van der Waals surface area (Å²) in [4.78, 5) is 16.4. The number of allylic oxidation sites excluding steroid dienone is 1. The number of aryl methyl sites for hydroxylation is 1. The van der Waals surface area contributed by atoms with Crippen LogP contribution in [0.4, 0.5) is 0 Å². The molecule has 0 spiro atoms. The molecular formula is C18H27NO2. The SMILES string of the molecule is C=C(CCCC)c1ccc(C)nc1COC(=O)C(C)(C)C. The molecule has 0 aliphatic carbocycles. The maximum atomic E-state index is 11.9. The standard InChI is InChI=1S/C18H27NO2/c1-7-8-9-13(2)15-11-10-14(3)19-16(15)12-21-17(20)18(4,5)6/h10-11H,2,7-9,12H2,1,3-6H3. The second kappa shape index (κ2) is 7.39. The van der Waals surface area contributed by atoms with Gasteiger partial charge in [0.2, 0.25) is 0 Å². The van der Waals surface area contributed by atoms with E-state index >= 15 is 0 Å². The molecule has 0 amide bonds. The van der Waals surface area contributed by atoms with Crippen LogP contribution in [0.3, 0.4) is 0 Å². The summed E-state index contributed by atoms with van der Waals surface area (Å²) in [6.07, 6.45) is 3.18. The van der Waals surface area contributed by atoms with Crippen molar-refractivity contribution in [1.29, 1.82) is 0 Å². The molecular weight excluding hydrogens is 262 g/mol. The number of hydrogen-bond donors (Lipinski definition) is 0. The molecule has 3 nitrogen and oxygen atoms in total. The van der Waals surface area contributed by atoms with Gasteiger partial charge in [-0.1, -0.05) is 26.0 Å². The first-order valence-corrected chi connectivity index (χ1v) is 7.57. The topological polar surface area (TPSA) is 39.2 Å². The van der Waals surface area contributed by atoms with Crippen LogP contribution < -0.4 is 0 Å². The first-order chi connectivity index (χ1) is 9.75. The largest absolute Gasteiger partial charge is 0.459 e. The van der Waals surface area contributed by atoms with Crippen molar-refractivity contribution in [3.63, 3.8) is 0 Å². The third kappa shape index (κ3) is 5.33. The van der Waals surface area contributed by atoms with E-state index in [1.807, 2.05) is 39.8 Å². The van der Waals surface area contributed by atoms with Gasteiger partial charge in [-0.15, -0.1) is 0 Å². The van der Waals surface area contributed by atoms with Gasteiger partial charge < -0.3 is 4.74 Å². The monoisotopic (exact) mass is 289 g/mol. The molecule has 21 heavy (non-hydrogen) atoms. The fraction of sp³-hybridized carbons (Fsp3) is 0.556. The summed E-state index contributed by atoms with van der Waals surface area (Å²) in [6, 6.07) is 4.00. The molecule has 0 aliphatic heterocycles. The fourth-order valence-electron chi connectivity index (χ4n) is 1.92. The zero-order valence-electron chi connectivity index (χ0n) is 14.0. The quantitative estimate of drug-likeness (QED) is 0.714. The van der Waals surface area contributed by atoms with Crippen molar-refractivity contribution in [2.75, 3.05) is 0 Å². The summed E-state index contributed by atoms with van der Waals surface area (Å²) in [7, 11) is 0. The molecule has 0 fully saturated rings. The molecule has 0 aromatic carbocycles. The molecule has 0 radical (unpaired) electrons. The fourth-order valence-corrected chi connectivity index (χ4v) is 1.92. The number of esters is 1. The van der Waals surface area contributed by atoms with Gasteiger partial charge in [-0.05, 0) is 52.2 Å². The zero-order chi connectivity index (χ0) is 16.0. The molecule has 116 valence electrons. The lowest BCUT2D eigenvalue weighted by molar-refractivity contribution is -0.154. The molecule has 0 atom stereocenters. The van der Waals surface area contributed by atoms with Crippen molar-refractivity contribution in [3.05, 3.63) is 35.7 Å². The summed E-state index contributed by atoms with van der Waals surface area (Å²) < 4.78 is 5.40. The molecule has 1 aromatic heterocycles. The van der Waals surface area contributed by atoms with E-state index in [4.69, 9.17) is 4.74 Å². The number of pyridine rings is 1. The van der Waals surface area contributed by atoms with Crippen LogP contribution in [0.2, 0.25) is 0 Å². The van der Waals surface area contributed by atoms with E-state index in [-0.39, 0.29) is 12.6 Å². The van der Waals surface area contributed by atoms with Gasteiger partial charge in [-0.25, -0.2) is 0 Å². The van der Waals surface area contributed by atoms with Crippen LogP contribution >= 0.6 is 0 Å². The predicted molar refractivity (Wildman–Crippen MR) is 86.8 cm³/mol. The number of aromatic nitrogens is 1. The number of nitrogens with zero attached hydrogens (tertiary/aromatic N) is 1. The van der Waals surface area contributed by atoms with Gasteiger partial charge in [0.15, 0.2) is 0 Å². The summed E-state index contributed by atoms with van der Waals surface area (Å²) in [5, 5.41) is 0. The van der Waals surface area contributed by atoms with Crippen LogP contribution in [0, 0.1) is 12.3 Å². The summed E-state index contributed by atoms with van der Waals surface area (Å²) in [5.74, 6) is -0.212. The van der Waals surface area contributed by atoms with Crippen molar-refractivity contribution in [3.8, 4) is 0 Å². The lowest BCUT2D eigenvalue weighted by Gasteiger charge is -2.18. The van der Waals surface area contributed by atoms with Crippen LogP contribution in [-0.4, -0.2) is 11.0 Å².